The van der Waals surface area contributed by atoms with Gasteiger partial charge in [-0.25, -0.2) is 0 Å². The maximum Gasteiger partial charge on any atom is 0.251 e. The molecule has 2 heterocycles. The van der Waals surface area contributed by atoms with Crippen molar-refractivity contribution in [3.8, 4) is 0 Å². The number of carbonyl (C=O) groups is 1. The third-order valence-corrected chi connectivity index (χ3v) is 4.51. The molecular formula is C21H31N3O2. The van der Waals surface area contributed by atoms with Gasteiger partial charge in [0, 0.05) is 16.6 Å². The van der Waals surface area contributed by atoms with Crippen LogP contribution in [0.4, 0.5) is 0 Å². The molecule has 2 aromatic rings. The summed E-state index contributed by atoms with van der Waals surface area (Å²) in [6.45, 7) is 9.02. The van der Waals surface area contributed by atoms with Gasteiger partial charge >= 0.3 is 0 Å². The second-order valence-electron chi connectivity index (χ2n) is 7.26. The Morgan fingerprint density at radius 3 is 2.58 bits per heavy atom. The Kier molecular flexibility index (Phi) is 6.86. The maximum absolute atomic E-state index is 11.8. The van der Waals surface area contributed by atoms with Crippen LogP contribution < -0.4 is 16.8 Å². The minimum absolute atomic E-state index is 0.203. The number of unbranched alkanes of at least 4 members (excludes halogenated alkanes) is 1. The average molecular weight is 357 g/mol. The van der Waals surface area contributed by atoms with E-state index in [1.807, 2.05) is 31.2 Å². The van der Waals surface area contributed by atoms with Gasteiger partial charge in [-0.05, 0) is 18.9 Å². The zero-order valence-corrected chi connectivity index (χ0v) is 16.3. The number of fused-ring (bicyclic) bond motifs is 1. The Hall–Kier alpha value is -2.27. The third-order valence-electron chi connectivity index (χ3n) is 4.51. The van der Waals surface area contributed by atoms with Crippen LogP contribution in [-0.2, 0) is 4.79 Å². The molecule has 0 aliphatic carbocycles. The molecule has 142 valence electrons. The van der Waals surface area contributed by atoms with Crippen molar-refractivity contribution in [2.45, 2.75) is 53.0 Å². The summed E-state index contributed by atoms with van der Waals surface area (Å²) in [5.41, 5.74) is 14.5. The lowest BCUT2D eigenvalue weighted by atomic mass is 9.97. The summed E-state index contributed by atoms with van der Waals surface area (Å²) in [5.74, 6) is 1.51. The molecule has 1 amide bonds. The number of aryl methyl sites for hydroxylation is 1. The number of nitrogens with one attached hydrogen (secondary N) is 1. The van der Waals surface area contributed by atoms with Crippen LogP contribution >= 0.6 is 0 Å². The highest BCUT2D eigenvalue weighted by Gasteiger charge is 2.28. The van der Waals surface area contributed by atoms with Crippen LogP contribution in [-0.4, -0.2) is 12.5 Å². The quantitative estimate of drug-likeness (QED) is 0.756. The first kappa shape index (κ1) is 20.0. The number of furan rings is 1. The van der Waals surface area contributed by atoms with Crippen LogP contribution in [0.1, 0.15) is 57.4 Å². The highest BCUT2D eigenvalue weighted by molar-refractivity contribution is 5.99. The summed E-state index contributed by atoms with van der Waals surface area (Å²) in [6.07, 6.45) is 4.15. The fraction of sp³-hybridized carbons (Fsp3) is 0.476. The highest BCUT2D eigenvalue weighted by atomic mass is 16.3. The van der Waals surface area contributed by atoms with E-state index in [4.69, 9.17) is 15.9 Å². The Labute approximate surface area is 155 Å². The second kappa shape index (κ2) is 8.90. The number of para-hydroxylation sites is 1. The monoisotopic (exact) mass is 357 g/mol. The van der Waals surface area contributed by atoms with Crippen LogP contribution in [0, 0.1) is 12.8 Å². The van der Waals surface area contributed by atoms with Crippen molar-refractivity contribution >= 4 is 16.9 Å². The van der Waals surface area contributed by atoms with E-state index >= 15 is 0 Å². The van der Waals surface area contributed by atoms with Crippen molar-refractivity contribution in [3.63, 3.8) is 0 Å². The first-order valence-corrected chi connectivity index (χ1v) is 9.36. The number of hydrogen-bond acceptors (Lipinski definition) is 4. The zero-order chi connectivity index (χ0) is 19.3. The Morgan fingerprint density at radius 1 is 1.31 bits per heavy atom. The Balaban J connectivity index is 0.000000298. The van der Waals surface area contributed by atoms with Gasteiger partial charge in [0.25, 0.3) is 5.91 Å². The van der Waals surface area contributed by atoms with E-state index in [-0.39, 0.29) is 5.91 Å². The van der Waals surface area contributed by atoms with E-state index in [9.17, 15) is 4.79 Å². The minimum atomic E-state index is -0.572. The van der Waals surface area contributed by atoms with Gasteiger partial charge in [-0.2, -0.15) is 0 Å². The van der Waals surface area contributed by atoms with E-state index in [1.165, 1.54) is 19.3 Å². The van der Waals surface area contributed by atoms with Crippen LogP contribution in [0.15, 0.2) is 40.0 Å². The van der Waals surface area contributed by atoms with E-state index in [2.05, 4.69) is 26.1 Å². The molecular weight excluding hydrogens is 326 g/mol. The van der Waals surface area contributed by atoms with Crippen molar-refractivity contribution in [3.05, 3.63) is 46.9 Å². The molecule has 0 fully saturated rings. The Morgan fingerprint density at radius 2 is 2.04 bits per heavy atom. The molecule has 5 heteroatoms. The van der Waals surface area contributed by atoms with Gasteiger partial charge in [-0.15, -0.1) is 0 Å². The first-order chi connectivity index (χ1) is 12.3. The van der Waals surface area contributed by atoms with Gasteiger partial charge in [-0.1, -0.05) is 58.2 Å². The lowest BCUT2D eigenvalue weighted by Crippen LogP contribution is -2.24. The van der Waals surface area contributed by atoms with E-state index < -0.39 is 6.04 Å². The van der Waals surface area contributed by atoms with E-state index in [1.54, 1.807) is 0 Å². The normalized spacial score (nSPS) is 15.2. The third kappa shape index (κ3) is 4.67. The molecule has 1 aliphatic heterocycles. The van der Waals surface area contributed by atoms with Crippen molar-refractivity contribution in [2.75, 3.05) is 6.54 Å². The number of rotatable bonds is 5. The molecule has 5 N–H and O–H groups in total. The lowest BCUT2D eigenvalue weighted by molar-refractivity contribution is -0.116. The molecule has 5 nitrogen and oxygen atoms in total. The summed E-state index contributed by atoms with van der Waals surface area (Å²) >= 11 is 0. The fourth-order valence-electron chi connectivity index (χ4n) is 3.08. The molecule has 1 aromatic heterocycles. The van der Waals surface area contributed by atoms with Crippen molar-refractivity contribution < 1.29 is 9.21 Å². The molecule has 0 spiro atoms. The standard InChI is InChI=1S/C14H15N3O2.C7H16/c1-7-5-8-3-2-4-9(13(8)19-7)12(16)11-10(15)6-17-14(11)18;1-4-5-6-7(2)3/h2-5,12H,6,15-16H2,1H3,(H,17,18);7H,4-6H2,1-3H3. The van der Waals surface area contributed by atoms with Crippen LogP contribution in [0.25, 0.3) is 11.0 Å². The van der Waals surface area contributed by atoms with E-state index in [0.717, 1.165) is 22.6 Å². The number of nitrogens with two attached hydrogens (primary N) is 2. The minimum Gasteiger partial charge on any atom is -0.461 e. The molecule has 1 unspecified atom stereocenters. The topological polar surface area (TPSA) is 94.3 Å². The molecule has 0 radical (unpaired) electrons. The smallest absolute Gasteiger partial charge is 0.251 e. The van der Waals surface area contributed by atoms with Gasteiger partial charge in [0.2, 0.25) is 0 Å². The van der Waals surface area contributed by atoms with Gasteiger partial charge < -0.3 is 21.2 Å². The molecule has 0 saturated heterocycles. The second-order valence-corrected chi connectivity index (χ2v) is 7.26. The van der Waals surface area contributed by atoms with Crippen molar-refractivity contribution in [1.29, 1.82) is 0 Å². The van der Waals surface area contributed by atoms with Crippen LogP contribution in [0.5, 0.6) is 0 Å². The largest absolute Gasteiger partial charge is 0.461 e. The predicted octanol–water partition coefficient (Wildman–Crippen LogP) is 3.92. The number of benzene rings is 1. The summed E-state index contributed by atoms with van der Waals surface area (Å²) < 4.78 is 5.68. The predicted molar refractivity (Wildman–Crippen MR) is 106 cm³/mol. The molecule has 1 aliphatic rings. The zero-order valence-electron chi connectivity index (χ0n) is 16.3. The molecule has 1 aromatic carbocycles. The average Bonchev–Trinajstić information content (AvgIpc) is 3.13. The molecule has 3 rings (SSSR count). The van der Waals surface area contributed by atoms with Crippen molar-refractivity contribution in [1.82, 2.24) is 5.32 Å². The maximum atomic E-state index is 11.8. The summed E-state index contributed by atoms with van der Waals surface area (Å²) in [4.78, 5) is 11.8. The van der Waals surface area contributed by atoms with E-state index in [0.29, 0.717) is 23.4 Å². The fourth-order valence-corrected chi connectivity index (χ4v) is 3.08. The molecule has 0 saturated carbocycles. The summed E-state index contributed by atoms with van der Waals surface area (Å²) in [6, 6.07) is 7.08. The number of carbonyl (C=O) groups excluding carboxylic acids is 1. The molecule has 0 bridgehead atoms. The summed E-state index contributed by atoms with van der Waals surface area (Å²) in [5, 5.41) is 3.65. The first-order valence-electron chi connectivity index (χ1n) is 9.36. The highest BCUT2D eigenvalue weighted by Crippen LogP contribution is 2.31. The SMILES string of the molecule is CCCCC(C)C.Cc1cc2cccc(C(N)C3=C(N)CNC3=O)c2o1. The molecule has 1 atom stereocenters. The van der Waals surface area contributed by atoms with Gasteiger partial charge in [-0.3, -0.25) is 4.79 Å². The van der Waals surface area contributed by atoms with Crippen LogP contribution in [0.3, 0.4) is 0 Å². The van der Waals surface area contributed by atoms with Crippen LogP contribution in [0.2, 0.25) is 0 Å². The van der Waals surface area contributed by atoms with Gasteiger partial charge in [0.15, 0.2) is 0 Å². The lowest BCUT2D eigenvalue weighted by Gasteiger charge is -2.13. The van der Waals surface area contributed by atoms with Crippen molar-refractivity contribution in [2.24, 2.45) is 17.4 Å². The van der Waals surface area contributed by atoms with Gasteiger partial charge in [0.1, 0.15) is 11.3 Å². The number of hydrogen-bond donors (Lipinski definition) is 3. The Bertz CT molecular complexity index is 790. The van der Waals surface area contributed by atoms with Gasteiger partial charge in [0.05, 0.1) is 18.2 Å². The number of amides is 1. The molecule has 26 heavy (non-hydrogen) atoms. The summed E-state index contributed by atoms with van der Waals surface area (Å²) in [7, 11) is 0.